The van der Waals surface area contributed by atoms with Gasteiger partial charge in [-0.15, -0.1) is 0 Å². The molecule has 0 saturated carbocycles. The van der Waals surface area contributed by atoms with Crippen LogP contribution in [0.15, 0.2) is 18.5 Å². The summed E-state index contributed by atoms with van der Waals surface area (Å²) in [6.07, 6.45) is 6.14. The fraction of sp³-hybridized carbons (Fsp3) is 0.545. The van der Waals surface area contributed by atoms with Gasteiger partial charge in [-0.25, -0.2) is 0 Å². The highest BCUT2D eigenvalue weighted by Gasteiger charge is 2.37. The predicted molar refractivity (Wildman–Crippen MR) is 61.0 cm³/mol. The number of ether oxygens (including phenoxy) is 1. The van der Waals surface area contributed by atoms with Gasteiger partial charge in [0.1, 0.15) is 7.85 Å². The molecule has 78 valence electrons. The maximum atomic E-state index is 5.61. The third-order valence-electron chi connectivity index (χ3n) is 3.17. The van der Waals surface area contributed by atoms with Gasteiger partial charge in [-0.3, -0.25) is 9.88 Å². The van der Waals surface area contributed by atoms with Crippen LogP contribution in [0.5, 0.6) is 0 Å². The van der Waals surface area contributed by atoms with Crippen molar-refractivity contribution in [3.05, 3.63) is 24.0 Å². The first-order valence-corrected chi connectivity index (χ1v) is 5.58. The van der Waals surface area contributed by atoms with Crippen LogP contribution in [0.25, 0.3) is 0 Å². The molecule has 3 saturated heterocycles. The largest absolute Gasteiger partial charge is 0.372 e. The van der Waals surface area contributed by atoms with E-state index >= 15 is 0 Å². The molecule has 3 aliphatic heterocycles. The van der Waals surface area contributed by atoms with Gasteiger partial charge in [0.05, 0.1) is 12.2 Å². The van der Waals surface area contributed by atoms with Crippen molar-refractivity contribution >= 4 is 13.3 Å². The van der Waals surface area contributed by atoms with E-state index in [0.29, 0.717) is 12.2 Å². The monoisotopic (exact) mass is 202 g/mol. The number of rotatable bonds is 2. The quantitative estimate of drug-likeness (QED) is 0.594. The SMILES string of the molecule is Bc1cncc(CN2CC3CC(C2)O3)c1. The second-order valence-electron chi connectivity index (χ2n) is 4.68. The molecule has 4 heterocycles. The summed E-state index contributed by atoms with van der Waals surface area (Å²) in [5.41, 5.74) is 2.56. The van der Waals surface area contributed by atoms with Crippen molar-refractivity contribution in [1.82, 2.24) is 9.88 Å². The number of piperidine rings is 1. The van der Waals surface area contributed by atoms with Crippen molar-refractivity contribution < 1.29 is 4.74 Å². The summed E-state index contributed by atoms with van der Waals surface area (Å²) >= 11 is 0. The lowest BCUT2D eigenvalue weighted by molar-refractivity contribution is -0.182. The first kappa shape index (κ1) is 9.37. The maximum absolute atomic E-state index is 5.61. The fourth-order valence-corrected chi connectivity index (χ4v) is 2.53. The van der Waals surface area contributed by atoms with Gasteiger partial charge in [0.25, 0.3) is 0 Å². The van der Waals surface area contributed by atoms with Gasteiger partial charge < -0.3 is 4.74 Å². The summed E-state index contributed by atoms with van der Waals surface area (Å²) in [6, 6.07) is 2.22. The smallest absolute Gasteiger partial charge is 0.141 e. The molecule has 4 rings (SSSR count). The maximum Gasteiger partial charge on any atom is 0.141 e. The molecule has 3 nitrogen and oxygen atoms in total. The van der Waals surface area contributed by atoms with Crippen LogP contribution >= 0.6 is 0 Å². The van der Waals surface area contributed by atoms with Crippen LogP contribution in [0.1, 0.15) is 12.0 Å². The van der Waals surface area contributed by atoms with E-state index in [1.165, 1.54) is 17.4 Å². The number of aromatic nitrogens is 1. The van der Waals surface area contributed by atoms with Gasteiger partial charge in [0.2, 0.25) is 0 Å². The number of hydrogen-bond acceptors (Lipinski definition) is 3. The van der Waals surface area contributed by atoms with Crippen molar-refractivity contribution in [3.8, 4) is 0 Å². The molecule has 2 atom stereocenters. The van der Waals surface area contributed by atoms with Crippen LogP contribution in [0.4, 0.5) is 0 Å². The molecule has 3 fully saturated rings. The normalized spacial score (nSPS) is 29.9. The zero-order valence-electron chi connectivity index (χ0n) is 9.02. The zero-order valence-corrected chi connectivity index (χ0v) is 9.02. The zero-order chi connectivity index (χ0) is 10.3. The Labute approximate surface area is 90.9 Å². The van der Waals surface area contributed by atoms with Crippen LogP contribution in [0, 0.1) is 0 Å². The first-order valence-electron chi connectivity index (χ1n) is 5.58. The third kappa shape index (κ3) is 1.92. The number of hydrogen-bond donors (Lipinski definition) is 0. The molecular formula is C11H15BN2O. The van der Waals surface area contributed by atoms with Crippen LogP contribution < -0.4 is 5.46 Å². The van der Waals surface area contributed by atoms with E-state index in [-0.39, 0.29) is 0 Å². The number of pyridine rings is 1. The molecule has 2 bridgehead atoms. The predicted octanol–water partition coefficient (Wildman–Crippen LogP) is -0.687. The van der Waals surface area contributed by atoms with Gasteiger partial charge >= 0.3 is 0 Å². The van der Waals surface area contributed by atoms with Crippen molar-refractivity contribution in [2.45, 2.75) is 25.2 Å². The molecule has 0 amide bonds. The molecule has 0 N–H and O–H groups in total. The lowest BCUT2D eigenvalue weighted by Gasteiger charge is -2.47. The van der Waals surface area contributed by atoms with E-state index in [0.717, 1.165) is 19.6 Å². The van der Waals surface area contributed by atoms with Gasteiger partial charge in [-0.2, -0.15) is 0 Å². The summed E-state index contributed by atoms with van der Waals surface area (Å²) in [4.78, 5) is 6.69. The summed E-state index contributed by atoms with van der Waals surface area (Å²) < 4.78 is 5.61. The number of nitrogens with zero attached hydrogens (tertiary/aromatic N) is 2. The van der Waals surface area contributed by atoms with Crippen molar-refractivity contribution in [3.63, 3.8) is 0 Å². The lowest BCUT2D eigenvalue weighted by Crippen LogP contribution is -2.56. The van der Waals surface area contributed by atoms with Crippen LogP contribution in [-0.4, -0.2) is 43.0 Å². The van der Waals surface area contributed by atoms with Gasteiger partial charge in [0.15, 0.2) is 0 Å². The molecule has 1 aromatic heterocycles. The Hall–Kier alpha value is -0.865. The lowest BCUT2D eigenvalue weighted by atomic mass is 9.96. The van der Waals surface area contributed by atoms with E-state index in [1.54, 1.807) is 0 Å². The Morgan fingerprint density at radius 1 is 1.40 bits per heavy atom. The summed E-state index contributed by atoms with van der Waals surface area (Å²) in [6.45, 7) is 3.19. The molecule has 0 aromatic carbocycles. The minimum absolute atomic E-state index is 0.501. The molecular weight excluding hydrogens is 187 g/mol. The second kappa shape index (κ2) is 3.61. The average Bonchev–Trinajstić information content (AvgIpc) is 2.16. The Morgan fingerprint density at radius 3 is 2.80 bits per heavy atom. The van der Waals surface area contributed by atoms with E-state index in [2.05, 4.69) is 23.8 Å². The highest BCUT2D eigenvalue weighted by molar-refractivity contribution is 6.32. The summed E-state index contributed by atoms with van der Waals surface area (Å²) in [7, 11) is 2.09. The average molecular weight is 202 g/mol. The number of morpholine rings is 1. The second-order valence-corrected chi connectivity index (χ2v) is 4.68. The molecule has 0 aliphatic carbocycles. The van der Waals surface area contributed by atoms with Crippen molar-refractivity contribution in [2.24, 2.45) is 0 Å². The fourth-order valence-electron chi connectivity index (χ4n) is 2.53. The van der Waals surface area contributed by atoms with E-state index in [1.807, 2.05) is 12.4 Å². The van der Waals surface area contributed by atoms with Gasteiger partial charge in [-0.1, -0.05) is 11.5 Å². The molecule has 1 aromatic rings. The Morgan fingerprint density at radius 2 is 2.13 bits per heavy atom. The van der Waals surface area contributed by atoms with Crippen molar-refractivity contribution in [2.75, 3.05) is 13.1 Å². The molecule has 4 heteroatoms. The van der Waals surface area contributed by atoms with E-state index in [9.17, 15) is 0 Å². The minimum atomic E-state index is 0.501. The highest BCUT2D eigenvalue weighted by atomic mass is 16.5. The molecule has 3 aliphatic rings. The van der Waals surface area contributed by atoms with Crippen LogP contribution in [-0.2, 0) is 11.3 Å². The molecule has 0 radical (unpaired) electrons. The van der Waals surface area contributed by atoms with Crippen LogP contribution in [0.3, 0.4) is 0 Å². The Bertz CT molecular complexity index is 355. The molecule has 2 unspecified atom stereocenters. The number of fused-ring (bicyclic) bond motifs is 2. The Kier molecular flexibility index (Phi) is 2.26. The van der Waals surface area contributed by atoms with E-state index < -0.39 is 0 Å². The summed E-state index contributed by atoms with van der Waals surface area (Å²) in [5, 5.41) is 0. The first-order chi connectivity index (χ1) is 7.29. The van der Waals surface area contributed by atoms with E-state index in [4.69, 9.17) is 4.74 Å². The highest BCUT2D eigenvalue weighted by Crippen LogP contribution is 2.28. The Balaban J connectivity index is 1.65. The topological polar surface area (TPSA) is 25.4 Å². The minimum Gasteiger partial charge on any atom is -0.372 e. The molecule has 15 heavy (non-hydrogen) atoms. The van der Waals surface area contributed by atoms with Gasteiger partial charge in [0, 0.05) is 38.4 Å². The third-order valence-corrected chi connectivity index (χ3v) is 3.17. The van der Waals surface area contributed by atoms with Crippen molar-refractivity contribution in [1.29, 1.82) is 0 Å². The van der Waals surface area contributed by atoms with Gasteiger partial charge in [-0.05, 0) is 5.56 Å². The summed E-state index contributed by atoms with van der Waals surface area (Å²) in [5.74, 6) is 0. The standard InChI is InChI=1S/C11H15BN2O/c12-9-1-8(3-13-4-9)5-14-6-10-2-11(7-14)15-10/h1,3-4,10-11H,2,5-7,12H2. The van der Waals surface area contributed by atoms with Crippen LogP contribution in [0.2, 0.25) is 0 Å². The molecule has 0 spiro atoms.